The normalized spacial score (nSPS) is 12.3. The maximum Gasteiger partial charge on any atom is 0.0305 e. The van der Waals surface area contributed by atoms with Gasteiger partial charge in [0.05, 0.1) is 0 Å². The molecule has 0 aliphatic heterocycles. The Kier molecular flexibility index (Phi) is 11.2. The maximum atomic E-state index is 2.47. The Labute approximate surface area is 119 Å². The summed E-state index contributed by atoms with van der Waals surface area (Å²) in [7, 11) is -0.263. The summed E-state index contributed by atoms with van der Waals surface area (Å²) in [6.07, 6.45) is 14.7. The van der Waals surface area contributed by atoms with Crippen LogP contribution in [0.25, 0.3) is 0 Å². The lowest BCUT2D eigenvalue weighted by atomic mass is 9.89. The standard InChI is InChI=1S/C17H38Si/c1-17(2,3)15-13-11-9-7-6-8-10-12-14-16-18(4)5/h18H,6-16H2,1-5H3. The Balaban J connectivity index is 3.04. The number of hydrogen-bond acceptors (Lipinski definition) is 0. The molecule has 0 N–H and O–H groups in total. The van der Waals surface area contributed by atoms with Gasteiger partial charge in [-0.05, 0) is 11.8 Å². The largest absolute Gasteiger partial charge is 0.0722 e. The lowest BCUT2D eigenvalue weighted by molar-refractivity contribution is 0.356. The van der Waals surface area contributed by atoms with Gasteiger partial charge in [0.1, 0.15) is 0 Å². The quantitative estimate of drug-likeness (QED) is 0.300. The third-order valence-electron chi connectivity index (χ3n) is 3.71. The van der Waals surface area contributed by atoms with Crippen LogP contribution in [0.5, 0.6) is 0 Å². The topological polar surface area (TPSA) is 0 Å². The maximum absolute atomic E-state index is 2.47. The fourth-order valence-corrected chi connectivity index (χ4v) is 3.55. The lowest BCUT2D eigenvalue weighted by Gasteiger charge is -2.17. The summed E-state index contributed by atoms with van der Waals surface area (Å²) >= 11 is 0. The van der Waals surface area contributed by atoms with Crippen molar-refractivity contribution in [3.8, 4) is 0 Å². The van der Waals surface area contributed by atoms with Crippen molar-refractivity contribution in [3.05, 3.63) is 0 Å². The van der Waals surface area contributed by atoms with E-state index in [2.05, 4.69) is 33.9 Å². The van der Waals surface area contributed by atoms with Crippen molar-refractivity contribution in [3.63, 3.8) is 0 Å². The van der Waals surface area contributed by atoms with Crippen molar-refractivity contribution in [1.29, 1.82) is 0 Å². The van der Waals surface area contributed by atoms with Crippen LogP contribution in [0.3, 0.4) is 0 Å². The molecule has 0 rings (SSSR count). The Bertz CT molecular complexity index is 167. The van der Waals surface area contributed by atoms with Crippen LogP contribution in [0.15, 0.2) is 0 Å². The van der Waals surface area contributed by atoms with E-state index in [4.69, 9.17) is 0 Å². The van der Waals surface area contributed by atoms with E-state index in [1.807, 2.05) is 0 Å². The molecule has 110 valence electrons. The number of unbranched alkanes of at least 4 members (excludes halogenated alkanes) is 8. The minimum Gasteiger partial charge on any atom is -0.0722 e. The molecule has 0 aliphatic rings. The summed E-state index contributed by atoms with van der Waals surface area (Å²) in [5.74, 6) is 0. The van der Waals surface area contributed by atoms with Crippen LogP contribution in [0.2, 0.25) is 19.1 Å². The van der Waals surface area contributed by atoms with Crippen molar-refractivity contribution in [2.75, 3.05) is 0 Å². The van der Waals surface area contributed by atoms with Crippen molar-refractivity contribution < 1.29 is 0 Å². The summed E-state index contributed by atoms with van der Waals surface area (Å²) in [5, 5.41) is 0. The molecule has 0 heterocycles. The first kappa shape index (κ1) is 18.2. The molecule has 0 aromatic carbocycles. The SMILES string of the molecule is C[SiH](C)CCCCCCCCCCCC(C)(C)C. The highest BCUT2D eigenvalue weighted by atomic mass is 28.3. The van der Waals surface area contributed by atoms with Gasteiger partial charge in [-0.15, -0.1) is 0 Å². The van der Waals surface area contributed by atoms with Crippen molar-refractivity contribution in [2.24, 2.45) is 5.41 Å². The minimum absolute atomic E-state index is 0.263. The molecule has 0 bridgehead atoms. The molecule has 0 aromatic rings. The average molecular weight is 271 g/mol. The molecule has 0 saturated carbocycles. The summed E-state index contributed by atoms with van der Waals surface area (Å²) in [6, 6.07) is 1.56. The van der Waals surface area contributed by atoms with Crippen LogP contribution in [0.4, 0.5) is 0 Å². The van der Waals surface area contributed by atoms with Gasteiger partial charge in [0.25, 0.3) is 0 Å². The molecule has 0 spiro atoms. The highest BCUT2D eigenvalue weighted by Crippen LogP contribution is 2.22. The van der Waals surface area contributed by atoms with E-state index < -0.39 is 0 Å². The third-order valence-corrected chi connectivity index (χ3v) is 5.27. The molecule has 18 heavy (non-hydrogen) atoms. The Hall–Kier alpha value is 0.217. The van der Waals surface area contributed by atoms with Crippen LogP contribution in [0.1, 0.15) is 85.0 Å². The fourth-order valence-electron chi connectivity index (χ4n) is 2.45. The molecule has 0 aromatic heterocycles. The zero-order valence-electron chi connectivity index (χ0n) is 13.9. The van der Waals surface area contributed by atoms with Crippen LogP contribution in [0, 0.1) is 5.41 Å². The molecule has 0 nitrogen and oxygen atoms in total. The van der Waals surface area contributed by atoms with E-state index >= 15 is 0 Å². The zero-order chi connectivity index (χ0) is 13.9. The molecule has 0 aliphatic carbocycles. The Morgan fingerprint density at radius 3 is 1.39 bits per heavy atom. The number of rotatable bonds is 11. The first-order chi connectivity index (χ1) is 8.42. The monoisotopic (exact) mass is 270 g/mol. The zero-order valence-corrected chi connectivity index (χ0v) is 15.0. The van der Waals surface area contributed by atoms with Gasteiger partial charge in [-0.1, -0.05) is 97.7 Å². The van der Waals surface area contributed by atoms with Gasteiger partial charge in [-0.25, -0.2) is 0 Å². The summed E-state index contributed by atoms with van der Waals surface area (Å²) in [6.45, 7) is 12.0. The van der Waals surface area contributed by atoms with Crippen LogP contribution in [-0.4, -0.2) is 8.80 Å². The first-order valence-corrected chi connectivity index (χ1v) is 11.5. The minimum atomic E-state index is -0.263. The van der Waals surface area contributed by atoms with Crippen LogP contribution >= 0.6 is 0 Å². The molecular weight excluding hydrogens is 232 g/mol. The summed E-state index contributed by atoms with van der Waals surface area (Å²) in [4.78, 5) is 0. The second kappa shape index (κ2) is 11.1. The fraction of sp³-hybridized carbons (Fsp3) is 1.00. The van der Waals surface area contributed by atoms with E-state index in [-0.39, 0.29) is 8.80 Å². The first-order valence-electron chi connectivity index (χ1n) is 8.42. The third kappa shape index (κ3) is 16.2. The van der Waals surface area contributed by atoms with E-state index in [1.165, 1.54) is 64.2 Å². The van der Waals surface area contributed by atoms with Crippen molar-refractivity contribution >= 4 is 8.80 Å². The molecular formula is C17H38Si. The molecule has 0 radical (unpaired) electrons. The molecule has 0 atom stereocenters. The summed E-state index contributed by atoms with van der Waals surface area (Å²) < 4.78 is 0. The molecule has 0 unspecified atom stereocenters. The van der Waals surface area contributed by atoms with E-state index in [9.17, 15) is 0 Å². The molecule has 0 saturated heterocycles. The highest BCUT2D eigenvalue weighted by molar-refractivity contribution is 6.55. The van der Waals surface area contributed by atoms with Crippen LogP contribution in [-0.2, 0) is 0 Å². The molecule has 0 amide bonds. The van der Waals surface area contributed by atoms with Crippen molar-refractivity contribution in [1.82, 2.24) is 0 Å². The van der Waals surface area contributed by atoms with E-state index in [0.717, 1.165) is 0 Å². The van der Waals surface area contributed by atoms with Crippen molar-refractivity contribution in [2.45, 2.75) is 104 Å². The van der Waals surface area contributed by atoms with Gasteiger partial charge >= 0.3 is 0 Å². The Morgan fingerprint density at radius 2 is 1.00 bits per heavy atom. The average Bonchev–Trinajstić information content (AvgIpc) is 2.24. The van der Waals surface area contributed by atoms with Gasteiger partial charge in [0.15, 0.2) is 0 Å². The predicted molar refractivity (Wildman–Crippen MR) is 89.3 cm³/mol. The predicted octanol–water partition coefficient (Wildman–Crippen LogP) is 6.42. The van der Waals surface area contributed by atoms with Crippen LogP contribution < -0.4 is 0 Å². The van der Waals surface area contributed by atoms with Gasteiger partial charge in [-0.3, -0.25) is 0 Å². The molecule has 0 fully saturated rings. The smallest absolute Gasteiger partial charge is 0.0305 e. The molecule has 1 heteroatoms. The Morgan fingerprint density at radius 1 is 0.611 bits per heavy atom. The second-order valence-electron chi connectivity index (χ2n) is 7.68. The van der Waals surface area contributed by atoms with Gasteiger partial charge in [0.2, 0.25) is 0 Å². The second-order valence-corrected chi connectivity index (χ2v) is 11.0. The van der Waals surface area contributed by atoms with E-state index in [1.54, 1.807) is 6.04 Å². The van der Waals surface area contributed by atoms with E-state index in [0.29, 0.717) is 5.41 Å². The number of hydrogen-bond donors (Lipinski definition) is 0. The lowest BCUT2D eigenvalue weighted by Crippen LogP contribution is -2.03. The van der Waals surface area contributed by atoms with Gasteiger partial charge < -0.3 is 0 Å². The summed E-state index contributed by atoms with van der Waals surface area (Å²) in [5.41, 5.74) is 0.541. The van der Waals surface area contributed by atoms with Gasteiger partial charge in [-0.2, -0.15) is 0 Å². The van der Waals surface area contributed by atoms with Gasteiger partial charge in [0, 0.05) is 8.80 Å². The highest BCUT2D eigenvalue weighted by Gasteiger charge is 2.08.